The van der Waals surface area contributed by atoms with Crippen molar-refractivity contribution in [3.63, 3.8) is 0 Å². The summed E-state index contributed by atoms with van der Waals surface area (Å²) in [5, 5.41) is 9.47. The van der Waals surface area contributed by atoms with Gasteiger partial charge in [0, 0.05) is 30.7 Å². The minimum atomic E-state index is -1.07. The van der Waals surface area contributed by atoms with Crippen LogP contribution >= 0.6 is 0 Å². The number of imidazole rings is 1. The first-order valence-corrected chi connectivity index (χ1v) is 13.7. The fourth-order valence-electron chi connectivity index (χ4n) is 4.98. The molecular weight excluding hydrogens is 572 g/mol. The van der Waals surface area contributed by atoms with Crippen LogP contribution in [0.1, 0.15) is 33.7 Å². The van der Waals surface area contributed by atoms with Crippen LogP contribution in [0.2, 0.25) is 0 Å². The molecule has 0 aliphatic carbocycles. The molecule has 0 radical (unpaired) electrons. The van der Waals surface area contributed by atoms with Gasteiger partial charge in [-0.05, 0) is 48.4 Å². The van der Waals surface area contributed by atoms with E-state index < -0.39 is 17.6 Å². The second-order valence-corrected chi connectivity index (χ2v) is 10.1. The highest BCUT2D eigenvalue weighted by atomic mass is 19.1. The van der Waals surface area contributed by atoms with Crippen LogP contribution < -0.4 is 9.47 Å². The van der Waals surface area contributed by atoms with Crippen LogP contribution in [0.25, 0.3) is 27.1 Å². The van der Waals surface area contributed by atoms with Gasteiger partial charge < -0.3 is 28.7 Å². The summed E-state index contributed by atoms with van der Waals surface area (Å²) in [5.74, 6) is -1.13. The number of hydrogen-bond acceptors (Lipinski definition) is 7. The minimum absolute atomic E-state index is 0.0222. The van der Waals surface area contributed by atoms with Gasteiger partial charge in [-0.2, -0.15) is 0 Å². The molecule has 1 aliphatic heterocycles. The Morgan fingerprint density at radius 2 is 1.98 bits per heavy atom. The lowest BCUT2D eigenvalue weighted by molar-refractivity contribution is -0.0589. The topological polar surface area (TPSA) is 113 Å². The quantitative estimate of drug-likeness (QED) is 0.196. The van der Waals surface area contributed by atoms with Gasteiger partial charge in [-0.25, -0.2) is 23.5 Å². The number of fused-ring (bicyclic) bond motifs is 1. The number of ether oxygens (including phenoxy) is 3. The van der Waals surface area contributed by atoms with Gasteiger partial charge in [-0.1, -0.05) is 12.6 Å². The Morgan fingerprint density at radius 3 is 2.70 bits per heavy atom. The van der Waals surface area contributed by atoms with Crippen LogP contribution in [-0.4, -0.2) is 50.4 Å². The highest BCUT2D eigenvalue weighted by Crippen LogP contribution is 2.30. The second-order valence-electron chi connectivity index (χ2n) is 10.1. The fourth-order valence-corrected chi connectivity index (χ4v) is 4.98. The normalized spacial score (nSPS) is 14.2. The summed E-state index contributed by atoms with van der Waals surface area (Å²) in [5.41, 5.74) is 2.06. The van der Waals surface area contributed by atoms with E-state index in [2.05, 4.69) is 19.8 Å². The summed E-state index contributed by atoms with van der Waals surface area (Å²) in [6.45, 7) is 8.18. The molecule has 5 aromatic rings. The van der Waals surface area contributed by atoms with Gasteiger partial charge in [0.05, 0.1) is 47.6 Å². The zero-order valence-electron chi connectivity index (χ0n) is 23.5. The summed E-state index contributed by atoms with van der Waals surface area (Å²) < 4.78 is 49.5. The maximum absolute atomic E-state index is 15.5. The maximum Gasteiger partial charge on any atom is 0.335 e. The Balaban J connectivity index is 1.26. The molecule has 1 saturated heterocycles. The molecule has 222 valence electrons. The molecule has 0 bridgehead atoms. The number of carboxylic acids is 1. The zero-order valence-corrected chi connectivity index (χ0v) is 23.5. The number of aromatic nitrogens is 4. The van der Waals surface area contributed by atoms with Gasteiger partial charge in [0.2, 0.25) is 5.88 Å². The van der Waals surface area contributed by atoms with Crippen molar-refractivity contribution in [3.05, 3.63) is 106 Å². The lowest BCUT2D eigenvalue weighted by Gasteiger charge is -2.27. The summed E-state index contributed by atoms with van der Waals surface area (Å²) in [7, 11) is 1.47. The molecule has 44 heavy (non-hydrogen) atoms. The van der Waals surface area contributed by atoms with E-state index in [0.29, 0.717) is 41.3 Å². The van der Waals surface area contributed by atoms with Crippen LogP contribution in [0.5, 0.6) is 11.6 Å². The van der Waals surface area contributed by atoms with Gasteiger partial charge in [-0.15, -0.1) is 4.98 Å². The van der Waals surface area contributed by atoms with Gasteiger partial charge in [0.25, 0.3) is 5.82 Å². The molecule has 1 fully saturated rings. The molecule has 3 aromatic heterocycles. The van der Waals surface area contributed by atoms with Crippen LogP contribution in [0.15, 0.2) is 60.8 Å². The minimum Gasteiger partial charge on any atom is -0.497 e. The Hall–Kier alpha value is -5.41. The smallest absolute Gasteiger partial charge is 0.335 e. The molecule has 4 heterocycles. The third kappa shape index (κ3) is 5.77. The summed E-state index contributed by atoms with van der Waals surface area (Å²) in [6.07, 6.45) is 2.22. The number of rotatable bonds is 10. The molecule has 0 spiro atoms. The predicted octanol–water partition coefficient (Wildman–Crippen LogP) is 5.99. The second kappa shape index (κ2) is 12.1. The van der Waals surface area contributed by atoms with Crippen LogP contribution in [0.4, 0.5) is 14.6 Å². The Morgan fingerprint density at radius 1 is 1.14 bits per heavy atom. The molecule has 0 saturated carbocycles. The molecular formula is C32H25F2N5O5. The summed E-state index contributed by atoms with van der Waals surface area (Å²) in [6, 6.07) is 13.1. The summed E-state index contributed by atoms with van der Waals surface area (Å²) in [4.78, 5) is 27.9. The predicted molar refractivity (Wildman–Crippen MR) is 155 cm³/mol. The monoisotopic (exact) mass is 597 g/mol. The molecule has 2 aromatic carbocycles. The molecule has 0 unspecified atom stereocenters. The van der Waals surface area contributed by atoms with Crippen molar-refractivity contribution < 1.29 is 32.9 Å². The highest BCUT2D eigenvalue weighted by molar-refractivity contribution is 5.92. The number of halogens is 2. The Kier molecular flexibility index (Phi) is 7.87. The lowest BCUT2D eigenvalue weighted by Crippen LogP contribution is -2.31. The number of methoxy groups -OCH3 is 1. The Labute approximate surface area is 250 Å². The van der Waals surface area contributed by atoms with E-state index in [1.807, 2.05) is 4.57 Å². The van der Waals surface area contributed by atoms with Gasteiger partial charge in [0.1, 0.15) is 36.0 Å². The lowest BCUT2D eigenvalue weighted by atomic mass is 10.0. The van der Waals surface area contributed by atoms with E-state index in [1.54, 1.807) is 24.3 Å². The number of pyridine rings is 2. The molecule has 0 amide bonds. The number of nitrogens with zero attached hydrogens (tertiary/aromatic N) is 5. The molecule has 6 rings (SSSR count). The third-order valence-corrected chi connectivity index (χ3v) is 7.38. The molecule has 1 atom stereocenters. The van der Waals surface area contributed by atoms with E-state index in [-0.39, 0.29) is 53.2 Å². The number of aromatic carboxylic acids is 1. The number of benzene rings is 2. The van der Waals surface area contributed by atoms with Crippen molar-refractivity contribution in [2.45, 2.75) is 32.1 Å². The van der Waals surface area contributed by atoms with E-state index in [4.69, 9.17) is 20.8 Å². The highest BCUT2D eigenvalue weighted by Gasteiger charge is 2.24. The van der Waals surface area contributed by atoms with Crippen molar-refractivity contribution in [3.8, 4) is 22.9 Å². The summed E-state index contributed by atoms with van der Waals surface area (Å²) >= 11 is 0. The average Bonchev–Trinajstić information content (AvgIpc) is 3.35. The van der Waals surface area contributed by atoms with Crippen molar-refractivity contribution in [2.75, 3.05) is 13.7 Å². The van der Waals surface area contributed by atoms with Gasteiger partial charge >= 0.3 is 5.97 Å². The van der Waals surface area contributed by atoms with Crippen LogP contribution in [-0.2, 0) is 24.3 Å². The first-order chi connectivity index (χ1) is 21.3. The molecule has 1 N–H and O–H groups in total. The van der Waals surface area contributed by atoms with E-state index >= 15 is 8.78 Å². The number of carbonyl (C=O) groups is 1. The SMILES string of the molecule is [C-]#[N+]c1cc(OC)c(COc2cccc(-c3cc(F)c(Cc4nc5ccc(C(=O)O)cc5n4C[C@@H]4CCO4)cc3F)n2)cn1. The van der Waals surface area contributed by atoms with Gasteiger partial charge in [-0.3, -0.25) is 0 Å². The average molecular weight is 598 g/mol. The van der Waals surface area contributed by atoms with E-state index in [1.165, 1.54) is 31.5 Å². The Bertz CT molecular complexity index is 1930. The van der Waals surface area contributed by atoms with Crippen molar-refractivity contribution in [1.82, 2.24) is 19.5 Å². The van der Waals surface area contributed by atoms with Gasteiger partial charge in [0.15, 0.2) is 0 Å². The van der Waals surface area contributed by atoms with Crippen molar-refractivity contribution >= 4 is 22.8 Å². The van der Waals surface area contributed by atoms with E-state index in [9.17, 15) is 9.90 Å². The van der Waals surface area contributed by atoms with Crippen LogP contribution in [0.3, 0.4) is 0 Å². The maximum atomic E-state index is 15.5. The molecule has 12 heteroatoms. The standard InChI is InChI=1S/C32H25F2N5O5/c1-35-29-14-28(42-2)20(15-36-29)17-44-31-5-3-4-25(38-31)22-13-23(33)19(10-24(22)34)12-30-37-26-7-6-18(32(40)41)11-27(26)39(30)16-21-8-9-43-21/h3-7,10-11,13-15,21H,8-9,12,16-17H2,2H3,(H,40,41)/t21-/m0/s1. The fraction of sp³-hybridized carbons (Fsp3) is 0.219. The first kappa shape index (κ1) is 28.7. The van der Waals surface area contributed by atoms with E-state index in [0.717, 1.165) is 18.6 Å². The number of carboxylic acid groups (broad SMARTS) is 1. The largest absolute Gasteiger partial charge is 0.497 e. The number of hydrogen-bond donors (Lipinski definition) is 1. The van der Waals surface area contributed by atoms with Crippen LogP contribution in [0, 0.1) is 18.2 Å². The first-order valence-electron chi connectivity index (χ1n) is 13.7. The zero-order chi connectivity index (χ0) is 30.8. The van der Waals surface area contributed by atoms with Crippen molar-refractivity contribution in [1.29, 1.82) is 0 Å². The molecule has 1 aliphatic rings. The molecule has 10 nitrogen and oxygen atoms in total. The van der Waals surface area contributed by atoms with Crippen molar-refractivity contribution in [2.24, 2.45) is 0 Å². The third-order valence-electron chi connectivity index (χ3n) is 7.38.